The third kappa shape index (κ3) is 1.84. The van der Waals surface area contributed by atoms with Gasteiger partial charge in [0.05, 0.1) is 12.6 Å². The SMILES string of the molecule is CCCN1C(=O)NC(=N)C1C1CCOC1. The largest absolute Gasteiger partial charge is 0.381 e. The van der Waals surface area contributed by atoms with Crippen LogP contribution in [0.5, 0.6) is 0 Å². The Bertz CT molecular complexity index is 274. The van der Waals surface area contributed by atoms with E-state index in [1.165, 1.54) is 0 Å². The molecule has 2 saturated heterocycles. The standard InChI is InChI=1S/C10H17N3O2/c1-2-4-13-8(7-3-5-15-6-7)9(11)12-10(13)14/h7-8H,2-6H2,1H3,(H2,11,12,14). The van der Waals surface area contributed by atoms with Crippen LogP contribution in [0.25, 0.3) is 0 Å². The second-order valence-electron chi connectivity index (χ2n) is 4.11. The molecule has 5 heteroatoms. The Morgan fingerprint density at radius 3 is 3.07 bits per heavy atom. The Labute approximate surface area is 89.3 Å². The number of nitrogens with one attached hydrogen (secondary N) is 2. The van der Waals surface area contributed by atoms with Crippen LogP contribution >= 0.6 is 0 Å². The second-order valence-corrected chi connectivity index (χ2v) is 4.11. The Morgan fingerprint density at radius 1 is 1.67 bits per heavy atom. The van der Waals surface area contributed by atoms with Crippen molar-refractivity contribution in [3.63, 3.8) is 0 Å². The van der Waals surface area contributed by atoms with Crippen molar-refractivity contribution < 1.29 is 9.53 Å². The fourth-order valence-electron chi connectivity index (χ4n) is 2.32. The topological polar surface area (TPSA) is 65.4 Å². The van der Waals surface area contributed by atoms with Gasteiger partial charge in [0.1, 0.15) is 5.84 Å². The van der Waals surface area contributed by atoms with E-state index in [1.807, 2.05) is 6.92 Å². The summed E-state index contributed by atoms with van der Waals surface area (Å²) in [4.78, 5) is 13.3. The Hall–Kier alpha value is -1.10. The number of amides is 2. The first-order valence-electron chi connectivity index (χ1n) is 5.48. The van der Waals surface area contributed by atoms with Gasteiger partial charge in [-0.1, -0.05) is 6.92 Å². The molecule has 5 nitrogen and oxygen atoms in total. The summed E-state index contributed by atoms with van der Waals surface area (Å²) in [6, 6.07) is -0.210. The summed E-state index contributed by atoms with van der Waals surface area (Å²) in [7, 11) is 0. The van der Waals surface area contributed by atoms with Crippen LogP contribution in [-0.2, 0) is 4.74 Å². The minimum Gasteiger partial charge on any atom is -0.381 e. The maximum atomic E-state index is 11.6. The molecule has 84 valence electrons. The molecule has 0 aromatic heterocycles. The molecule has 2 unspecified atom stereocenters. The van der Waals surface area contributed by atoms with Gasteiger partial charge in [-0.25, -0.2) is 4.79 Å². The zero-order valence-electron chi connectivity index (χ0n) is 8.95. The van der Waals surface area contributed by atoms with E-state index in [-0.39, 0.29) is 12.1 Å². The maximum absolute atomic E-state index is 11.6. The summed E-state index contributed by atoms with van der Waals surface area (Å²) in [5, 5.41) is 10.4. The first-order valence-corrected chi connectivity index (χ1v) is 5.48. The summed E-state index contributed by atoms with van der Waals surface area (Å²) in [5.41, 5.74) is 0. The lowest BCUT2D eigenvalue weighted by atomic mass is 9.97. The van der Waals surface area contributed by atoms with Crippen molar-refractivity contribution in [1.82, 2.24) is 10.2 Å². The molecule has 0 radical (unpaired) electrons. The molecule has 15 heavy (non-hydrogen) atoms. The quantitative estimate of drug-likeness (QED) is 0.725. The summed E-state index contributed by atoms with van der Waals surface area (Å²) in [6.45, 7) is 4.18. The minimum absolute atomic E-state index is 0.0834. The van der Waals surface area contributed by atoms with Gasteiger partial charge >= 0.3 is 6.03 Å². The van der Waals surface area contributed by atoms with Crippen molar-refractivity contribution in [2.45, 2.75) is 25.8 Å². The Balaban J connectivity index is 2.11. The highest BCUT2D eigenvalue weighted by molar-refractivity contribution is 6.05. The number of carbonyl (C=O) groups is 1. The molecule has 2 fully saturated rings. The second kappa shape index (κ2) is 4.18. The van der Waals surface area contributed by atoms with E-state index in [1.54, 1.807) is 4.90 Å². The number of ether oxygens (including phenoxy) is 1. The zero-order valence-corrected chi connectivity index (χ0v) is 8.95. The average molecular weight is 211 g/mol. The van der Waals surface area contributed by atoms with Crippen LogP contribution in [0.1, 0.15) is 19.8 Å². The van der Waals surface area contributed by atoms with Crippen molar-refractivity contribution in [2.75, 3.05) is 19.8 Å². The van der Waals surface area contributed by atoms with E-state index in [9.17, 15) is 4.79 Å². The van der Waals surface area contributed by atoms with Crippen molar-refractivity contribution in [1.29, 1.82) is 5.41 Å². The molecule has 2 aliphatic rings. The number of rotatable bonds is 3. The fourth-order valence-corrected chi connectivity index (χ4v) is 2.32. The monoisotopic (exact) mass is 211 g/mol. The van der Waals surface area contributed by atoms with Gasteiger partial charge in [0.2, 0.25) is 0 Å². The van der Waals surface area contributed by atoms with Crippen LogP contribution in [0.15, 0.2) is 0 Å². The first-order chi connectivity index (χ1) is 7.24. The van der Waals surface area contributed by atoms with Gasteiger partial charge in [-0.2, -0.15) is 0 Å². The number of carbonyl (C=O) groups excluding carboxylic acids is 1. The third-order valence-electron chi connectivity index (χ3n) is 3.01. The number of hydrogen-bond acceptors (Lipinski definition) is 3. The van der Waals surface area contributed by atoms with Crippen molar-refractivity contribution in [2.24, 2.45) is 5.92 Å². The molecule has 2 atom stereocenters. The first kappa shape index (κ1) is 10.4. The average Bonchev–Trinajstić information content (AvgIpc) is 2.77. The summed E-state index contributed by atoms with van der Waals surface area (Å²) >= 11 is 0. The van der Waals surface area contributed by atoms with E-state index in [2.05, 4.69) is 5.32 Å². The molecule has 0 aliphatic carbocycles. The Morgan fingerprint density at radius 2 is 2.47 bits per heavy atom. The minimum atomic E-state index is -0.126. The maximum Gasteiger partial charge on any atom is 0.323 e. The molecule has 0 saturated carbocycles. The van der Waals surface area contributed by atoms with Gasteiger partial charge in [0, 0.05) is 19.1 Å². The molecule has 2 rings (SSSR count). The number of urea groups is 1. The van der Waals surface area contributed by atoms with Crippen LogP contribution in [0, 0.1) is 11.3 Å². The lowest BCUT2D eigenvalue weighted by Crippen LogP contribution is -2.41. The van der Waals surface area contributed by atoms with Gasteiger partial charge < -0.3 is 9.64 Å². The van der Waals surface area contributed by atoms with Crippen molar-refractivity contribution in [3.8, 4) is 0 Å². The molecule has 0 bridgehead atoms. The van der Waals surface area contributed by atoms with Crippen molar-refractivity contribution in [3.05, 3.63) is 0 Å². The molecule has 2 aliphatic heterocycles. The van der Waals surface area contributed by atoms with Crippen LogP contribution in [-0.4, -0.2) is 42.6 Å². The van der Waals surface area contributed by atoms with Crippen LogP contribution in [0.2, 0.25) is 0 Å². The normalized spacial score (nSPS) is 31.1. The predicted molar refractivity (Wildman–Crippen MR) is 56.0 cm³/mol. The molecular formula is C10H17N3O2. The van der Waals surface area contributed by atoms with Gasteiger partial charge in [-0.05, 0) is 12.8 Å². The van der Waals surface area contributed by atoms with E-state index in [4.69, 9.17) is 10.1 Å². The molecule has 2 N–H and O–H groups in total. The van der Waals surface area contributed by atoms with E-state index < -0.39 is 0 Å². The highest BCUT2D eigenvalue weighted by atomic mass is 16.5. The summed E-state index contributed by atoms with van der Waals surface area (Å²) in [6.07, 6.45) is 1.87. The molecule has 0 aromatic carbocycles. The van der Waals surface area contributed by atoms with E-state index in [0.29, 0.717) is 18.4 Å². The lowest BCUT2D eigenvalue weighted by Gasteiger charge is -2.26. The highest BCUT2D eigenvalue weighted by Crippen LogP contribution is 2.24. The fraction of sp³-hybridized carbons (Fsp3) is 0.800. The Kier molecular flexibility index (Phi) is 2.90. The van der Waals surface area contributed by atoms with Crippen LogP contribution in [0.3, 0.4) is 0 Å². The lowest BCUT2D eigenvalue weighted by molar-refractivity contribution is 0.161. The molecular weight excluding hydrogens is 194 g/mol. The summed E-state index contributed by atoms with van der Waals surface area (Å²) < 4.78 is 5.32. The van der Waals surface area contributed by atoms with E-state index >= 15 is 0 Å². The van der Waals surface area contributed by atoms with Gasteiger partial charge in [0.15, 0.2) is 0 Å². The van der Waals surface area contributed by atoms with Crippen molar-refractivity contribution >= 4 is 11.9 Å². The molecule has 0 spiro atoms. The number of hydrogen-bond donors (Lipinski definition) is 2. The number of amidine groups is 1. The molecule has 2 heterocycles. The smallest absolute Gasteiger partial charge is 0.323 e. The highest BCUT2D eigenvalue weighted by Gasteiger charge is 2.41. The van der Waals surface area contributed by atoms with Crippen LogP contribution < -0.4 is 5.32 Å². The van der Waals surface area contributed by atoms with Gasteiger partial charge in [-0.3, -0.25) is 10.7 Å². The van der Waals surface area contributed by atoms with Gasteiger partial charge in [-0.15, -0.1) is 0 Å². The molecule has 2 amide bonds. The van der Waals surface area contributed by atoms with Gasteiger partial charge in [0.25, 0.3) is 0 Å². The summed E-state index contributed by atoms with van der Waals surface area (Å²) in [5.74, 6) is 0.631. The predicted octanol–water partition coefficient (Wildman–Crippen LogP) is 0.804. The number of nitrogens with zero attached hydrogens (tertiary/aromatic N) is 1. The third-order valence-corrected chi connectivity index (χ3v) is 3.01. The molecule has 0 aromatic rings. The zero-order chi connectivity index (χ0) is 10.8. The van der Waals surface area contributed by atoms with E-state index in [0.717, 1.165) is 26.0 Å². The van der Waals surface area contributed by atoms with Crippen LogP contribution in [0.4, 0.5) is 4.79 Å².